The summed E-state index contributed by atoms with van der Waals surface area (Å²) in [5, 5.41) is 4.50. The highest BCUT2D eigenvalue weighted by atomic mass is 16.2. The fourth-order valence-corrected chi connectivity index (χ4v) is 3.40. The van der Waals surface area contributed by atoms with Crippen molar-refractivity contribution in [3.05, 3.63) is 0 Å². The van der Waals surface area contributed by atoms with Gasteiger partial charge in [-0.25, -0.2) is 4.79 Å². The Bertz CT molecular complexity index is 356. The van der Waals surface area contributed by atoms with E-state index in [4.69, 9.17) is 0 Å². The smallest absolute Gasteiger partial charge is 0.277 e. The highest BCUT2D eigenvalue weighted by Crippen LogP contribution is 2.50. The Hall–Kier alpha value is -1.39. The molecule has 1 aliphatic heterocycles. The summed E-state index contributed by atoms with van der Waals surface area (Å²) in [7, 11) is 0. The topological polar surface area (TPSA) is 75.3 Å². The molecular formula is C12H18N2O3. The molecule has 4 amide bonds. The molecule has 2 fully saturated rings. The lowest BCUT2D eigenvalue weighted by Gasteiger charge is -2.38. The van der Waals surface area contributed by atoms with Gasteiger partial charge in [0, 0.05) is 0 Å². The van der Waals surface area contributed by atoms with E-state index in [0.717, 1.165) is 25.7 Å². The van der Waals surface area contributed by atoms with E-state index in [1.54, 1.807) is 0 Å². The van der Waals surface area contributed by atoms with Crippen LogP contribution in [-0.2, 0) is 9.59 Å². The molecule has 0 aromatic rings. The number of hydrogen-bond donors (Lipinski definition) is 2. The third-order valence-corrected chi connectivity index (χ3v) is 4.21. The highest BCUT2D eigenvalue weighted by molar-refractivity contribution is 6.19. The zero-order valence-corrected chi connectivity index (χ0v) is 10.2. The standard InChI is InChI=1S/C12H18N2O3/c1-3-4-8-6-5-7(2)12(8)9(15)13-11(17)14-10(12)16/h7-8H,3-6H2,1-2H3,(H2,13,14,15,16,17). The Kier molecular flexibility index (Phi) is 2.93. The van der Waals surface area contributed by atoms with E-state index in [-0.39, 0.29) is 11.8 Å². The molecule has 1 saturated carbocycles. The lowest BCUT2D eigenvalue weighted by atomic mass is 9.68. The summed E-state index contributed by atoms with van der Waals surface area (Å²) in [5.74, 6) is -0.771. The molecule has 1 heterocycles. The summed E-state index contributed by atoms with van der Waals surface area (Å²) in [6.45, 7) is 3.96. The number of barbiturate groups is 1. The van der Waals surface area contributed by atoms with Crippen molar-refractivity contribution in [2.75, 3.05) is 0 Å². The van der Waals surface area contributed by atoms with Gasteiger partial charge in [0.05, 0.1) is 0 Å². The lowest BCUT2D eigenvalue weighted by molar-refractivity contribution is -0.150. The summed E-state index contributed by atoms with van der Waals surface area (Å²) in [5.41, 5.74) is -1.02. The largest absolute Gasteiger partial charge is 0.328 e. The fraction of sp³-hybridized carbons (Fsp3) is 0.750. The Morgan fingerprint density at radius 2 is 1.76 bits per heavy atom. The van der Waals surface area contributed by atoms with Gasteiger partial charge in [0.2, 0.25) is 11.8 Å². The van der Waals surface area contributed by atoms with Crippen molar-refractivity contribution in [1.29, 1.82) is 0 Å². The van der Waals surface area contributed by atoms with Crippen molar-refractivity contribution in [2.24, 2.45) is 17.3 Å². The Morgan fingerprint density at radius 1 is 1.18 bits per heavy atom. The molecule has 0 aromatic carbocycles. The molecule has 2 N–H and O–H groups in total. The molecule has 94 valence electrons. The first-order valence-electron chi connectivity index (χ1n) is 6.20. The van der Waals surface area contributed by atoms with Crippen LogP contribution >= 0.6 is 0 Å². The van der Waals surface area contributed by atoms with Crippen molar-refractivity contribution in [1.82, 2.24) is 10.6 Å². The maximum atomic E-state index is 12.1. The van der Waals surface area contributed by atoms with E-state index in [9.17, 15) is 14.4 Å². The zero-order valence-electron chi connectivity index (χ0n) is 10.2. The number of rotatable bonds is 2. The van der Waals surface area contributed by atoms with Crippen LogP contribution < -0.4 is 10.6 Å². The van der Waals surface area contributed by atoms with Crippen LogP contribution in [0.15, 0.2) is 0 Å². The van der Waals surface area contributed by atoms with Gasteiger partial charge in [0.25, 0.3) is 0 Å². The van der Waals surface area contributed by atoms with Crippen molar-refractivity contribution >= 4 is 17.8 Å². The first kappa shape index (κ1) is 12.1. The van der Waals surface area contributed by atoms with Gasteiger partial charge in [-0.3, -0.25) is 20.2 Å². The van der Waals surface area contributed by atoms with Gasteiger partial charge in [0.1, 0.15) is 5.41 Å². The van der Waals surface area contributed by atoms with E-state index in [1.807, 2.05) is 13.8 Å². The Labute approximate surface area is 100 Å². The van der Waals surface area contributed by atoms with Crippen LogP contribution in [0, 0.1) is 17.3 Å². The summed E-state index contributed by atoms with van der Waals surface area (Å²) in [4.78, 5) is 35.4. The van der Waals surface area contributed by atoms with Gasteiger partial charge < -0.3 is 0 Å². The predicted molar refractivity (Wildman–Crippen MR) is 60.9 cm³/mol. The molecule has 17 heavy (non-hydrogen) atoms. The minimum atomic E-state index is -1.02. The van der Waals surface area contributed by atoms with Crippen molar-refractivity contribution in [2.45, 2.75) is 39.5 Å². The van der Waals surface area contributed by atoms with Crippen LogP contribution in [0.3, 0.4) is 0 Å². The van der Waals surface area contributed by atoms with E-state index in [0.29, 0.717) is 0 Å². The number of hydrogen-bond acceptors (Lipinski definition) is 3. The Morgan fingerprint density at radius 3 is 2.29 bits per heavy atom. The van der Waals surface area contributed by atoms with Crippen LogP contribution in [0.4, 0.5) is 4.79 Å². The average molecular weight is 238 g/mol. The van der Waals surface area contributed by atoms with Crippen LogP contribution in [-0.4, -0.2) is 17.8 Å². The van der Waals surface area contributed by atoms with E-state index < -0.39 is 23.3 Å². The first-order chi connectivity index (χ1) is 8.03. The Balaban J connectivity index is 2.39. The van der Waals surface area contributed by atoms with Crippen LogP contribution in [0.1, 0.15) is 39.5 Å². The number of imide groups is 2. The summed E-state index contributed by atoms with van der Waals surface area (Å²) < 4.78 is 0. The monoisotopic (exact) mass is 238 g/mol. The third-order valence-electron chi connectivity index (χ3n) is 4.21. The molecule has 5 nitrogen and oxygen atoms in total. The zero-order chi connectivity index (χ0) is 12.6. The number of carbonyl (C=O) groups is 3. The molecule has 5 heteroatoms. The molecule has 1 saturated heterocycles. The number of nitrogens with one attached hydrogen (secondary N) is 2. The summed E-state index contributed by atoms with van der Waals surface area (Å²) in [6.07, 6.45) is 3.52. The maximum Gasteiger partial charge on any atom is 0.328 e. The predicted octanol–water partition coefficient (Wildman–Crippen LogP) is 1.18. The molecule has 0 radical (unpaired) electrons. The van der Waals surface area contributed by atoms with Crippen molar-refractivity contribution in [3.63, 3.8) is 0 Å². The number of carbonyl (C=O) groups excluding carboxylic acids is 3. The molecule has 2 rings (SSSR count). The minimum Gasteiger partial charge on any atom is -0.277 e. The molecular weight excluding hydrogens is 220 g/mol. The first-order valence-corrected chi connectivity index (χ1v) is 6.20. The van der Waals surface area contributed by atoms with Gasteiger partial charge >= 0.3 is 6.03 Å². The second kappa shape index (κ2) is 4.13. The molecule has 2 unspecified atom stereocenters. The van der Waals surface area contributed by atoms with Gasteiger partial charge in [-0.05, 0) is 31.1 Å². The quantitative estimate of drug-likeness (QED) is 0.709. The summed E-state index contributed by atoms with van der Waals surface area (Å²) in [6, 6.07) is -0.694. The molecule has 1 spiro atoms. The van der Waals surface area contributed by atoms with Crippen LogP contribution in [0.2, 0.25) is 0 Å². The van der Waals surface area contributed by atoms with Crippen molar-refractivity contribution < 1.29 is 14.4 Å². The third kappa shape index (κ3) is 1.56. The average Bonchev–Trinajstić information content (AvgIpc) is 2.55. The number of amides is 4. The normalized spacial score (nSPS) is 31.5. The molecule has 2 atom stereocenters. The second-order valence-electron chi connectivity index (χ2n) is 5.07. The van der Waals surface area contributed by atoms with E-state index in [1.165, 1.54) is 0 Å². The van der Waals surface area contributed by atoms with Gasteiger partial charge in [0.15, 0.2) is 0 Å². The van der Waals surface area contributed by atoms with Gasteiger partial charge in [-0.1, -0.05) is 20.3 Å². The molecule has 0 aromatic heterocycles. The van der Waals surface area contributed by atoms with E-state index in [2.05, 4.69) is 10.6 Å². The maximum absolute atomic E-state index is 12.1. The van der Waals surface area contributed by atoms with Gasteiger partial charge in [-0.15, -0.1) is 0 Å². The fourth-order valence-electron chi connectivity index (χ4n) is 3.40. The van der Waals surface area contributed by atoms with Crippen molar-refractivity contribution in [3.8, 4) is 0 Å². The lowest BCUT2D eigenvalue weighted by Crippen LogP contribution is -2.65. The van der Waals surface area contributed by atoms with Gasteiger partial charge in [-0.2, -0.15) is 0 Å². The van der Waals surface area contributed by atoms with Crippen LogP contribution in [0.25, 0.3) is 0 Å². The molecule has 0 bridgehead atoms. The minimum absolute atomic E-state index is 0.00727. The summed E-state index contributed by atoms with van der Waals surface area (Å²) >= 11 is 0. The second-order valence-corrected chi connectivity index (χ2v) is 5.07. The van der Waals surface area contributed by atoms with E-state index >= 15 is 0 Å². The van der Waals surface area contributed by atoms with Crippen LogP contribution in [0.5, 0.6) is 0 Å². The SMILES string of the molecule is CCCC1CCC(C)C12C(=O)NC(=O)NC2=O. The molecule has 1 aliphatic carbocycles. The molecule has 2 aliphatic rings. The number of urea groups is 1. The highest BCUT2D eigenvalue weighted by Gasteiger charge is 2.60.